The van der Waals surface area contributed by atoms with E-state index in [0.717, 1.165) is 69.8 Å². The van der Waals surface area contributed by atoms with Gasteiger partial charge in [-0.25, -0.2) is 24.0 Å². The van der Waals surface area contributed by atoms with E-state index >= 15 is 0 Å². The Morgan fingerprint density at radius 3 is 0.861 bits per heavy atom. The number of esters is 8. The van der Waals surface area contributed by atoms with Crippen LogP contribution in [0.2, 0.25) is 0 Å². The van der Waals surface area contributed by atoms with Gasteiger partial charge in [0, 0.05) is 120 Å². The summed E-state index contributed by atoms with van der Waals surface area (Å²) < 4.78 is 52.8. The molecule has 17 nitrogen and oxygen atoms in total. The van der Waals surface area contributed by atoms with Gasteiger partial charge >= 0.3 is 47.8 Å². The Morgan fingerprint density at radius 2 is 0.626 bits per heavy atom. The highest BCUT2D eigenvalue weighted by Crippen LogP contribution is 2.60. The molecule has 592 valence electrons. The third-order valence-corrected chi connectivity index (χ3v) is 21.2. The van der Waals surface area contributed by atoms with E-state index in [1.54, 1.807) is 40.7 Å². The number of alkyl halides is 2. The van der Waals surface area contributed by atoms with Gasteiger partial charge in [-0.3, -0.25) is 18.8 Å². The van der Waals surface area contributed by atoms with Crippen LogP contribution in [0, 0.1) is 35.0 Å². The molecule has 0 aromatic heterocycles. The van der Waals surface area contributed by atoms with Crippen LogP contribution in [0.4, 0.5) is 4.39 Å². The molecular formula is C96H93ClFNO16. The molecule has 0 amide bonds. The van der Waals surface area contributed by atoms with E-state index in [4.69, 9.17) is 38.4 Å². The molecule has 18 rings (SSSR count). The quantitative estimate of drug-likeness (QED) is 0.0478. The summed E-state index contributed by atoms with van der Waals surface area (Å²) in [5.74, 6) is -4.37. The van der Waals surface area contributed by atoms with Crippen LogP contribution in [0.1, 0.15) is 141 Å². The minimum absolute atomic E-state index is 0.109. The predicted molar refractivity (Wildman–Crippen MR) is 443 cm³/mol. The first kappa shape index (κ1) is 85.1. The van der Waals surface area contributed by atoms with Crippen LogP contribution in [0.15, 0.2) is 243 Å². The largest absolute Gasteiger partial charge is 0.469 e. The molecule has 1 saturated heterocycles. The molecule has 7 aliphatic carbocycles. The maximum Gasteiger partial charge on any atom is 0.333 e. The predicted octanol–water partition coefficient (Wildman–Crippen LogP) is 19.7. The van der Waals surface area contributed by atoms with Crippen LogP contribution >= 0.6 is 11.6 Å². The molecule has 0 radical (unpaired) electrons. The molecule has 0 N–H and O–H groups in total. The van der Waals surface area contributed by atoms with Crippen LogP contribution in [-0.2, 0) is 108 Å². The van der Waals surface area contributed by atoms with Gasteiger partial charge < -0.3 is 37.9 Å². The highest BCUT2D eigenvalue weighted by atomic mass is 35.5. The number of fused-ring (bicyclic) bond motifs is 1. The van der Waals surface area contributed by atoms with Gasteiger partial charge in [-0.2, -0.15) is 5.26 Å². The van der Waals surface area contributed by atoms with Gasteiger partial charge in [-0.1, -0.05) is 215 Å². The second kappa shape index (κ2) is 38.0. The van der Waals surface area contributed by atoms with Crippen molar-refractivity contribution in [2.75, 3.05) is 20.7 Å². The van der Waals surface area contributed by atoms with Crippen molar-refractivity contribution in [2.24, 2.45) is 23.7 Å². The summed E-state index contributed by atoms with van der Waals surface area (Å²) in [6.45, 7) is 29.2. The van der Waals surface area contributed by atoms with E-state index in [1.165, 1.54) is 92.7 Å². The second-order valence-electron chi connectivity index (χ2n) is 29.0. The van der Waals surface area contributed by atoms with Crippen LogP contribution in [0.3, 0.4) is 0 Å². The van der Waals surface area contributed by atoms with E-state index in [2.05, 4.69) is 140 Å². The molecule has 1 heterocycles. The molecule has 1 aliphatic heterocycles. The molecule has 2 saturated carbocycles. The van der Waals surface area contributed by atoms with Crippen molar-refractivity contribution < 1.29 is 80.6 Å². The van der Waals surface area contributed by atoms with Crippen molar-refractivity contribution >= 4 is 113 Å². The minimum Gasteiger partial charge on any atom is -0.469 e. The molecule has 19 heteroatoms. The van der Waals surface area contributed by atoms with Crippen molar-refractivity contribution in [1.82, 2.24) is 0 Å². The number of hydrogen-bond acceptors (Lipinski definition) is 17. The summed E-state index contributed by atoms with van der Waals surface area (Å²) in [7, 11) is 1.85. The Balaban J connectivity index is 0.000000149. The first-order valence-electron chi connectivity index (χ1n) is 37.7. The molecule has 115 heavy (non-hydrogen) atoms. The Labute approximate surface area is 673 Å². The summed E-state index contributed by atoms with van der Waals surface area (Å²) in [6, 6.07) is 63.4. The lowest BCUT2D eigenvalue weighted by Crippen LogP contribution is -2.44. The first-order chi connectivity index (χ1) is 55.3. The van der Waals surface area contributed by atoms with Gasteiger partial charge in [0.25, 0.3) is 0 Å². The lowest BCUT2D eigenvalue weighted by atomic mass is 9.78. The van der Waals surface area contributed by atoms with E-state index in [1.807, 2.05) is 91.0 Å². The van der Waals surface area contributed by atoms with Gasteiger partial charge in [0.1, 0.15) is 42.7 Å². The second-order valence-corrected chi connectivity index (χ2v) is 29.0. The van der Waals surface area contributed by atoms with Crippen molar-refractivity contribution in [3.63, 3.8) is 0 Å². The average molecular weight is 1570 g/mol. The van der Waals surface area contributed by atoms with Crippen LogP contribution in [0.25, 0.3) is 53.9 Å². The van der Waals surface area contributed by atoms with Crippen LogP contribution in [0.5, 0.6) is 0 Å². The van der Waals surface area contributed by atoms with Gasteiger partial charge in [0.2, 0.25) is 0 Å². The van der Waals surface area contributed by atoms with Crippen molar-refractivity contribution in [3.8, 4) is 6.07 Å². The number of hydrogen-bond donors (Lipinski definition) is 0. The smallest absolute Gasteiger partial charge is 0.333 e. The number of halogens is 2. The van der Waals surface area contributed by atoms with E-state index in [-0.39, 0.29) is 83.7 Å². The van der Waals surface area contributed by atoms with Gasteiger partial charge in [0.15, 0.2) is 0 Å². The van der Waals surface area contributed by atoms with Gasteiger partial charge in [-0.05, 0) is 123 Å². The lowest BCUT2D eigenvalue weighted by Gasteiger charge is -2.31. The number of nitrogens with zero attached hydrogens (tertiary/aromatic N) is 1. The molecule has 10 aromatic rings. The summed E-state index contributed by atoms with van der Waals surface area (Å²) in [6.07, 6.45) is 3.59. The number of carbonyl (C=O) groups excluding carboxylic acids is 8. The SMILES string of the molecule is C=C(C)C(=O)OC1C2CC3C1OC(=O)C3C2C(=O)OC1Cc2cccc3cccc1c23.C=C(C)C(=O)OC1Cc2cccc3cccc1c23.C=C(C)C(=O)OC1Cc2cccc3cccc1c23.C=C(C)C(=O)OC1Cc2cccc3cccc1c23.C=C(C)C(=O)OC1Cc2cccc3cccc1c23.CC#N.CCl.CF.COC(C)=O. The Kier molecular flexibility index (Phi) is 28.1. The average Bonchev–Trinajstić information content (AvgIpc) is 1.54. The van der Waals surface area contributed by atoms with Gasteiger partial charge in [-0.15, -0.1) is 11.6 Å². The molecule has 10 aromatic carbocycles. The maximum atomic E-state index is 13.4. The molecule has 3 fully saturated rings. The maximum absolute atomic E-state index is 13.4. The van der Waals surface area contributed by atoms with Crippen molar-refractivity contribution in [3.05, 3.63) is 298 Å². The molecular weight excluding hydrogens is 1480 g/mol. The first-order valence-corrected chi connectivity index (χ1v) is 38.4. The Hall–Kier alpha value is -12.3. The standard InChI is InChI=1S/C25H22O6.4C16H14O2.C3H6O2.C2H3N.CH3Cl.CH3F/c1-11(2)23(26)30-21-15-10-16-20(25(28)31-22(16)21)19(15)24(27)29-17-9-13-7-3-5-12-6-4-8-14(17)18(12)13;4*1-10(2)16(17)18-14-9-12-7-3-5-11-6-4-8-13(14)15(11)12;1-3(4)5-2;1-2-3;2*1-2/h3-8,15-17,19-22H,1,9-10H2,2H3;4*3-8,14H,1,9H2,2H3;1-2H3;1H3;2*1H3. The summed E-state index contributed by atoms with van der Waals surface area (Å²) >= 11 is 4.64. The van der Waals surface area contributed by atoms with Crippen molar-refractivity contribution in [2.45, 2.75) is 130 Å². The van der Waals surface area contributed by atoms with E-state index < -0.39 is 36.0 Å². The topological polar surface area (TPSA) is 234 Å². The summed E-state index contributed by atoms with van der Waals surface area (Å²) in [5, 5.41) is 19.4. The zero-order valence-electron chi connectivity index (χ0n) is 66.2. The lowest BCUT2D eigenvalue weighted by molar-refractivity contribution is -0.166. The van der Waals surface area contributed by atoms with Gasteiger partial charge in [0.05, 0.1) is 32.2 Å². The number of benzene rings is 10. The molecule has 8 aliphatic rings. The third-order valence-electron chi connectivity index (χ3n) is 21.2. The van der Waals surface area contributed by atoms with E-state index in [9.17, 15) is 42.7 Å². The highest BCUT2D eigenvalue weighted by molar-refractivity contribution is 6.15. The molecule has 2 bridgehead atoms. The normalized spacial score (nSPS) is 20.2. The fourth-order valence-corrected chi connectivity index (χ4v) is 16.3. The zero-order chi connectivity index (χ0) is 83.2. The summed E-state index contributed by atoms with van der Waals surface area (Å²) in [4.78, 5) is 94.2. The number of rotatable bonds is 12. The minimum atomic E-state index is -0.651. The molecule has 11 atom stereocenters. The van der Waals surface area contributed by atoms with Crippen LogP contribution in [-0.4, -0.2) is 80.6 Å². The number of ether oxygens (including phenoxy) is 8. The monoisotopic (exact) mass is 1570 g/mol. The number of carbonyl (C=O) groups is 8. The fourth-order valence-electron chi connectivity index (χ4n) is 16.3. The number of nitriles is 1. The van der Waals surface area contributed by atoms with Crippen molar-refractivity contribution in [1.29, 1.82) is 5.26 Å². The zero-order valence-corrected chi connectivity index (χ0v) is 66.9. The molecule has 11 unspecified atom stereocenters. The fraction of sp³-hybridized carbons (Fsp3) is 0.281. The summed E-state index contributed by atoms with van der Waals surface area (Å²) in [5.41, 5.74) is 13.7. The van der Waals surface area contributed by atoms with E-state index in [0.29, 0.717) is 42.3 Å². The Bertz CT molecular complexity index is 5060. The highest BCUT2D eigenvalue weighted by Gasteiger charge is 2.70. The number of methoxy groups -OCH3 is 1. The molecule has 0 spiro atoms. The van der Waals surface area contributed by atoms with Crippen LogP contribution < -0.4 is 0 Å². The Morgan fingerprint density at radius 1 is 0.400 bits per heavy atom. The third kappa shape index (κ3) is 18.5.